The molecule has 20 heavy (non-hydrogen) atoms. The lowest BCUT2D eigenvalue weighted by atomic mass is 9.86. The van der Waals surface area contributed by atoms with Gasteiger partial charge in [0.15, 0.2) is 0 Å². The van der Waals surface area contributed by atoms with Crippen LogP contribution < -0.4 is 5.32 Å². The number of phenols is 1. The highest BCUT2D eigenvalue weighted by Crippen LogP contribution is 2.34. The summed E-state index contributed by atoms with van der Waals surface area (Å²) in [5, 5.41) is 13.7. The molecule has 1 saturated carbocycles. The molecule has 2 aliphatic rings. The molecule has 3 atom stereocenters. The van der Waals surface area contributed by atoms with Gasteiger partial charge >= 0.3 is 0 Å². The summed E-state index contributed by atoms with van der Waals surface area (Å²) in [6.45, 7) is 2.39. The van der Waals surface area contributed by atoms with E-state index in [-0.39, 0.29) is 0 Å². The number of hydrogen-bond donors (Lipinski definition) is 2. The van der Waals surface area contributed by atoms with Gasteiger partial charge in [0.1, 0.15) is 5.75 Å². The van der Waals surface area contributed by atoms with Gasteiger partial charge in [0, 0.05) is 12.1 Å². The molecule has 3 unspecified atom stereocenters. The van der Waals surface area contributed by atoms with Gasteiger partial charge in [-0.25, -0.2) is 0 Å². The van der Waals surface area contributed by atoms with E-state index in [0.29, 0.717) is 17.8 Å². The Kier molecular flexibility index (Phi) is 4.30. The highest BCUT2D eigenvalue weighted by atomic mass is 16.3. The fourth-order valence-corrected chi connectivity index (χ4v) is 3.90. The minimum Gasteiger partial charge on any atom is -0.508 e. The Labute approximate surface area is 122 Å². The molecule has 2 N–H and O–H groups in total. The Morgan fingerprint density at radius 2 is 1.95 bits per heavy atom. The molecule has 110 valence electrons. The van der Waals surface area contributed by atoms with Crippen molar-refractivity contribution in [1.82, 2.24) is 5.32 Å². The van der Waals surface area contributed by atoms with E-state index in [0.717, 1.165) is 12.3 Å². The average Bonchev–Trinajstić information content (AvgIpc) is 2.64. The third-order valence-corrected chi connectivity index (χ3v) is 5.14. The van der Waals surface area contributed by atoms with Crippen LogP contribution in [0.15, 0.2) is 18.2 Å². The van der Waals surface area contributed by atoms with E-state index in [9.17, 15) is 5.11 Å². The van der Waals surface area contributed by atoms with Crippen molar-refractivity contribution in [1.29, 1.82) is 0 Å². The zero-order valence-corrected chi connectivity index (χ0v) is 12.6. The molecule has 0 aromatic heterocycles. The Morgan fingerprint density at radius 3 is 2.85 bits per heavy atom. The summed E-state index contributed by atoms with van der Waals surface area (Å²) < 4.78 is 0. The van der Waals surface area contributed by atoms with E-state index in [4.69, 9.17) is 0 Å². The molecule has 2 aliphatic carbocycles. The molecule has 0 amide bonds. The molecule has 0 saturated heterocycles. The molecule has 2 nitrogen and oxygen atoms in total. The predicted octanol–water partition coefficient (Wildman–Crippen LogP) is 4.33. The number of nitrogens with one attached hydrogen (secondary N) is 1. The maximum Gasteiger partial charge on any atom is 0.115 e. The second-order valence-electron chi connectivity index (χ2n) is 6.80. The minimum absolute atomic E-state index is 0.409. The summed E-state index contributed by atoms with van der Waals surface area (Å²) in [4.78, 5) is 0. The molecule has 3 rings (SSSR count). The van der Waals surface area contributed by atoms with Gasteiger partial charge in [0.05, 0.1) is 0 Å². The van der Waals surface area contributed by atoms with Crippen molar-refractivity contribution in [2.75, 3.05) is 0 Å². The first-order valence-corrected chi connectivity index (χ1v) is 8.30. The van der Waals surface area contributed by atoms with Gasteiger partial charge in [-0.15, -0.1) is 0 Å². The molecule has 0 radical (unpaired) electrons. The van der Waals surface area contributed by atoms with Crippen molar-refractivity contribution in [3.05, 3.63) is 29.3 Å². The third-order valence-electron chi connectivity index (χ3n) is 5.14. The van der Waals surface area contributed by atoms with Crippen molar-refractivity contribution < 1.29 is 5.11 Å². The molecule has 0 heterocycles. The lowest BCUT2D eigenvalue weighted by molar-refractivity contribution is 0.363. The molecule has 2 heteroatoms. The summed E-state index contributed by atoms with van der Waals surface area (Å²) in [6, 6.07) is 7.02. The zero-order chi connectivity index (χ0) is 13.9. The van der Waals surface area contributed by atoms with Crippen molar-refractivity contribution in [3.8, 4) is 5.75 Å². The second-order valence-corrected chi connectivity index (χ2v) is 6.80. The van der Waals surface area contributed by atoms with Crippen LogP contribution >= 0.6 is 0 Å². The topological polar surface area (TPSA) is 32.3 Å². The van der Waals surface area contributed by atoms with Gasteiger partial charge in [0.25, 0.3) is 0 Å². The van der Waals surface area contributed by atoms with Crippen LogP contribution in [0.3, 0.4) is 0 Å². The lowest BCUT2D eigenvalue weighted by Gasteiger charge is -2.30. The van der Waals surface area contributed by atoms with Crippen LogP contribution in [0.2, 0.25) is 0 Å². The van der Waals surface area contributed by atoms with Gasteiger partial charge in [-0.3, -0.25) is 0 Å². The number of hydrogen-bond acceptors (Lipinski definition) is 2. The number of aromatic hydroxyl groups is 1. The average molecular weight is 273 g/mol. The van der Waals surface area contributed by atoms with E-state index in [1.54, 1.807) is 0 Å². The second kappa shape index (κ2) is 6.17. The van der Waals surface area contributed by atoms with E-state index in [1.807, 2.05) is 12.1 Å². The van der Waals surface area contributed by atoms with Crippen LogP contribution in [0.25, 0.3) is 0 Å². The predicted molar refractivity (Wildman–Crippen MR) is 83.0 cm³/mol. The maximum atomic E-state index is 9.76. The SMILES string of the molecule is CC1CCCC(NC2CCCc3ccc(O)cc32)CC1. The van der Waals surface area contributed by atoms with Crippen LogP contribution in [0.5, 0.6) is 5.75 Å². The highest BCUT2D eigenvalue weighted by Gasteiger charge is 2.24. The standard InChI is InChI=1S/C18H27NO/c1-13-4-2-6-15(10-8-13)19-18-7-3-5-14-9-11-16(20)12-17(14)18/h9,11-13,15,18-20H,2-8,10H2,1H3. The van der Waals surface area contributed by atoms with Gasteiger partial charge in [-0.2, -0.15) is 0 Å². The third kappa shape index (κ3) is 3.17. The molecule has 1 aromatic rings. The smallest absolute Gasteiger partial charge is 0.115 e. The quantitative estimate of drug-likeness (QED) is 0.786. The summed E-state index contributed by atoms with van der Waals surface area (Å²) in [6.07, 6.45) is 10.4. The monoisotopic (exact) mass is 273 g/mol. The molecule has 1 aromatic carbocycles. The summed E-state index contributed by atoms with van der Waals surface area (Å²) >= 11 is 0. The van der Waals surface area contributed by atoms with Gasteiger partial charge in [0.2, 0.25) is 0 Å². The molecule has 0 spiro atoms. The number of benzene rings is 1. The minimum atomic E-state index is 0.409. The fraction of sp³-hybridized carbons (Fsp3) is 0.667. The maximum absolute atomic E-state index is 9.76. The summed E-state index contributed by atoms with van der Waals surface area (Å²) in [5.41, 5.74) is 2.77. The normalized spacial score (nSPS) is 30.6. The van der Waals surface area contributed by atoms with Gasteiger partial charge in [-0.1, -0.05) is 25.8 Å². The Hall–Kier alpha value is -1.02. The van der Waals surface area contributed by atoms with Crippen LogP contribution in [0.4, 0.5) is 0 Å². The Morgan fingerprint density at radius 1 is 1.05 bits per heavy atom. The molecule has 0 aliphatic heterocycles. The van der Waals surface area contributed by atoms with Gasteiger partial charge in [-0.05, 0) is 67.7 Å². The molecule has 1 fully saturated rings. The first kappa shape index (κ1) is 13.9. The van der Waals surface area contributed by atoms with Crippen LogP contribution in [-0.4, -0.2) is 11.1 Å². The largest absolute Gasteiger partial charge is 0.508 e. The van der Waals surface area contributed by atoms with E-state index in [1.165, 1.54) is 56.1 Å². The number of aryl methyl sites for hydroxylation is 1. The van der Waals surface area contributed by atoms with Crippen molar-refractivity contribution in [2.24, 2.45) is 5.92 Å². The Balaban J connectivity index is 1.71. The Bertz CT molecular complexity index is 457. The van der Waals surface area contributed by atoms with E-state index in [2.05, 4.69) is 18.3 Å². The molecule has 0 bridgehead atoms. The number of phenolic OH excluding ortho intramolecular Hbond substituents is 1. The van der Waals surface area contributed by atoms with Crippen LogP contribution in [0, 0.1) is 5.92 Å². The first-order chi connectivity index (χ1) is 9.72. The number of rotatable bonds is 2. The zero-order valence-electron chi connectivity index (χ0n) is 12.6. The lowest BCUT2D eigenvalue weighted by Crippen LogP contribution is -2.34. The van der Waals surface area contributed by atoms with E-state index < -0.39 is 0 Å². The van der Waals surface area contributed by atoms with Crippen molar-refractivity contribution in [3.63, 3.8) is 0 Å². The molecular formula is C18H27NO. The van der Waals surface area contributed by atoms with Gasteiger partial charge < -0.3 is 10.4 Å². The number of fused-ring (bicyclic) bond motifs is 1. The van der Waals surface area contributed by atoms with E-state index >= 15 is 0 Å². The molecular weight excluding hydrogens is 246 g/mol. The highest BCUT2D eigenvalue weighted by molar-refractivity contribution is 5.38. The van der Waals surface area contributed by atoms with Crippen LogP contribution in [-0.2, 0) is 6.42 Å². The summed E-state index contributed by atoms with van der Waals surface area (Å²) in [7, 11) is 0. The fourth-order valence-electron chi connectivity index (χ4n) is 3.90. The van der Waals surface area contributed by atoms with Crippen LogP contribution in [0.1, 0.15) is 69.0 Å². The van der Waals surface area contributed by atoms with Crippen molar-refractivity contribution >= 4 is 0 Å². The first-order valence-electron chi connectivity index (χ1n) is 8.30. The van der Waals surface area contributed by atoms with Crippen molar-refractivity contribution in [2.45, 2.75) is 70.4 Å². The summed E-state index contributed by atoms with van der Waals surface area (Å²) in [5.74, 6) is 1.30.